The van der Waals surface area contributed by atoms with Gasteiger partial charge < -0.3 is 20.7 Å². The Kier molecular flexibility index (Phi) is 7.68. The van der Waals surface area contributed by atoms with Crippen LogP contribution in [0.2, 0.25) is 5.02 Å². The van der Waals surface area contributed by atoms with Crippen LogP contribution in [0.5, 0.6) is 6.01 Å². The first kappa shape index (κ1) is 29.3. The average Bonchev–Trinajstić information content (AvgIpc) is 3.50. The van der Waals surface area contributed by atoms with Gasteiger partial charge in [0.2, 0.25) is 5.91 Å². The molecule has 0 radical (unpaired) electrons. The maximum atomic E-state index is 16.6. The fraction of sp³-hybridized carbons (Fsp3) is 0.548. The fourth-order valence-corrected chi connectivity index (χ4v) is 7.81. The van der Waals surface area contributed by atoms with Gasteiger partial charge in [0.05, 0.1) is 17.5 Å². The third-order valence-corrected chi connectivity index (χ3v) is 9.83. The minimum absolute atomic E-state index is 0.00246. The van der Waals surface area contributed by atoms with Gasteiger partial charge in [-0.3, -0.25) is 14.7 Å². The molecule has 4 atom stereocenters. The van der Waals surface area contributed by atoms with Crippen LogP contribution in [0.1, 0.15) is 50.5 Å². The molecule has 3 fully saturated rings. The maximum absolute atomic E-state index is 16.6. The summed E-state index contributed by atoms with van der Waals surface area (Å²) in [6.07, 6.45) is 3.47. The normalized spacial score (nSPS) is 27.5. The highest BCUT2D eigenvalue weighted by Crippen LogP contribution is 2.41. The molecular formula is C31H35ClF3N7O2. The Morgan fingerprint density at radius 1 is 1.11 bits per heavy atom. The number of nitrogens with zero attached hydrogens (tertiary/aromatic N) is 5. The summed E-state index contributed by atoms with van der Waals surface area (Å²) in [6.45, 7) is 1.58. The van der Waals surface area contributed by atoms with Crippen LogP contribution in [0.4, 0.5) is 24.7 Å². The SMILES string of the molecule is Nc1cc(Cl)c2c(c1)-c1ncc3c(nc(OCC45CCCN4C[C@H](F)C5)nc3c1F)N1C[C@H](F)C[C@H](C1)NC(=O)CCCC2. The molecule has 13 heteroatoms. The molecule has 44 heavy (non-hydrogen) atoms. The molecule has 3 N–H and O–H groups in total. The molecule has 1 amide bonds. The molecule has 8 rings (SSSR count). The van der Waals surface area contributed by atoms with Crippen molar-refractivity contribution >= 4 is 39.9 Å². The summed E-state index contributed by atoms with van der Waals surface area (Å²) in [5.41, 5.74) is 7.12. The van der Waals surface area contributed by atoms with Crippen molar-refractivity contribution < 1.29 is 22.7 Å². The Hall–Kier alpha value is -3.38. The van der Waals surface area contributed by atoms with Crippen LogP contribution in [-0.2, 0) is 11.2 Å². The second-order valence-electron chi connectivity index (χ2n) is 12.6. The van der Waals surface area contributed by atoms with Gasteiger partial charge in [0.1, 0.15) is 36.0 Å². The van der Waals surface area contributed by atoms with Crippen molar-refractivity contribution in [3.63, 3.8) is 0 Å². The maximum Gasteiger partial charge on any atom is 0.319 e. The van der Waals surface area contributed by atoms with Crippen LogP contribution >= 0.6 is 11.6 Å². The van der Waals surface area contributed by atoms with Crippen LogP contribution in [0.15, 0.2) is 18.3 Å². The number of ether oxygens (including phenoxy) is 1. The molecule has 3 saturated heterocycles. The number of nitrogens with two attached hydrogens (primary N) is 1. The number of benzene rings is 1. The molecule has 1 unspecified atom stereocenters. The average molecular weight is 630 g/mol. The lowest BCUT2D eigenvalue weighted by molar-refractivity contribution is -0.122. The van der Waals surface area contributed by atoms with E-state index in [1.807, 2.05) is 0 Å². The summed E-state index contributed by atoms with van der Waals surface area (Å²) in [6, 6.07) is 2.71. The lowest BCUT2D eigenvalue weighted by Gasteiger charge is -2.36. The van der Waals surface area contributed by atoms with E-state index >= 15 is 8.78 Å². The number of amides is 1. The van der Waals surface area contributed by atoms with E-state index in [2.05, 4.69) is 25.2 Å². The van der Waals surface area contributed by atoms with E-state index in [0.717, 1.165) is 19.4 Å². The van der Waals surface area contributed by atoms with Gasteiger partial charge in [-0.05, 0) is 56.3 Å². The van der Waals surface area contributed by atoms with Crippen LogP contribution in [0.25, 0.3) is 22.2 Å². The number of hydrogen-bond acceptors (Lipinski definition) is 8. The highest BCUT2D eigenvalue weighted by Gasteiger charge is 2.49. The van der Waals surface area contributed by atoms with Crippen LogP contribution in [0, 0.1) is 5.82 Å². The molecular weight excluding hydrogens is 595 g/mol. The van der Waals surface area contributed by atoms with E-state index < -0.39 is 29.7 Å². The molecule has 234 valence electrons. The van der Waals surface area contributed by atoms with Gasteiger partial charge in [-0.2, -0.15) is 9.97 Å². The second kappa shape index (κ2) is 11.5. The van der Waals surface area contributed by atoms with Crippen molar-refractivity contribution in [1.82, 2.24) is 25.2 Å². The van der Waals surface area contributed by atoms with E-state index in [9.17, 15) is 9.18 Å². The van der Waals surface area contributed by atoms with Crippen LogP contribution < -0.4 is 20.7 Å². The first-order chi connectivity index (χ1) is 21.2. The van der Waals surface area contributed by atoms with Gasteiger partial charge in [0.15, 0.2) is 5.82 Å². The number of nitrogen functional groups attached to an aromatic ring is 1. The van der Waals surface area contributed by atoms with Crippen molar-refractivity contribution in [2.75, 3.05) is 43.4 Å². The summed E-state index contributed by atoms with van der Waals surface area (Å²) < 4.78 is 52.4. The molecule has 9 nitrogen and oxygen atoms in total. The Balaban J connectivity index is 1.37. The summed E-state index contributed by atoms with van der Waals surface area (Å²) in [5.74, 6) is -0.594. The highest BCUT2D eigenvalue weighted by atomic mass is 35.5. The zero-order chi connectivity index (χ0) is 30.6. The minimum atomic E-state index is -1.25. The monoisotopic (exact) mass is 629 g/mol. The number of aromatic nitrogens is 3. The van der Waals surface area contributed by atoms with Crippen molar-refractivity contribution in [1.29, 1.82) is 0 Å². The smallest absolute Gasteiger partial charge is 0.319 e. The number of pyridine rings is 1. The first-order valence-corrected chi connectivity index (χ1v) is 15.7. The predicted molar refractivity (Wildman–Crippen MR) is 162 cm³/mol. The van der Waals surface area contributed by atoms with Gasteiger partial charge in [0.25, 0.3) is 0 Å². The molecule has 5 aliphatic heterocycles. The van der Waals surface area contributed by atoms with E-state index in [1.165, 1.54) is 6.20 Å². The largest absolute Gasteiger partial charge is 0.461 e. The van der Waals surface area contributed by atoms with Gasteiger partial charge in [-0.1, -0.05) is 11.6 Å². The summed E-state index contributed by atoms with van der Waals surface area (Å²) in [7, 11) is 0. The zero-order valence-corrected chi connectivity index (χ0v) is 25.1. The third-order valence-electron chi connectivity index (χ3n) is 9.49. The van der Waals surface area contributed by atoms with Crippen molar-refractivity contribution in [3.8, 4) is 17.3 Å². The number of piperidine rings is 1. The Labute approximate surface area is 258 Å². The Bertz CT molecular complexity index is 1610. The Morgan fingerprint density at radius 2 is 1.95 bits per heavy atom. The number of anilines is 2. The lowest BCUT2D eigenvalue weighted by atomic mass is 9.95. The highest BCUT2D eigenvalue weighted by molar-refractivity contribution is 6.32. The second-order valence-corrected chi connectivity index (χ2v) is 13.0. The summed E-state index contributed by atoms with van der Waals surface area (Å²) in [5, 5.41) is 3.64. The molecule has 5 aliphatic rings. The quantitative estimate of drug-likeness (QED) is 0.399. The van der Waals surface area contributed by atoms with Crippen molar-refractivity contribution in [2.45, 2.75) is 75.3 Å². The van der Waals surface area contributed by atoms with Crippen molar-refractivity contribution in [2.24, 2.45) is 0 Å². The van der Waals surface area contributed by atoms with Gasteiger partial charge >= 0.3 is 6.01 Å². The predicted octanol–water partition coefficient (Wildman–Crippen LogP) is 4.78. The number of carbonyl (C=O) groups excluding carboxylic acids is 1. The van der Waals surface area contributed by atoms with E-state index in [-0.39, 0.29) is 66.9 Å². The molecule has 0 spiro atoms. The topological polar surface area (TPSA) is 110 Å². The van der Waals surface area contributed by atoms with E-state index in [0.29, 0.717) is 54.1 Å². The van der Waals surface area contributed by atoms with E-state index in [4.69, 9.17) is 22.1 Å². The molecule has 1 aromatic carbocycles. The zero-order valence-electron chi connectivity index (χ0n) is 24.3. The summed E-state index contributed by atoms with van der Waals surface area (Å²) in [4.78, 5) is 30.3. The Morgan fingerprint density at radius 3 is 2.82 bits per heavy atom. The third kappa shape index (κ3) is 5.40. The number of halogens is 4. The lowest BCUT2D eigenvalue weighted by Crippen LogP contribution is -2.52. The summed E-state index contributed by atoms with van der Waals surface area (Å²) >= 11 is 6.61. The van der Waals surface area contributed by atoms with Crippen molar-refractivity contribution in [3.05, 3.63) is 34.7 Å². The molecule has 0 saturated carbocycles. The molecule has 3 aromatic rings. The van der Waals surface area contributed by atoms with Gasteiger partial charge in [-0.25, -0.2) is 13.2 Å². The number of rotatable bonds is 3. The number of hydrogen-bond donors (Lipinski definition) is 2. The van der Waals surface area contributed by atoms with Crippen LogP contribution in [-0.4, -0.2) is 82.5 Å². The number of fused-ring (bicyclic) bond motifs is 7. The van der Waals surface area contributed by atoms with E-state index in [1.54, 1.807) is 17.0 Å². The minimum Gasteiger partial charge on any atom is -0.461 e. The molecule has 0 aliphatic carbocycles. The van der Waals surface area contributed by atoms with Crippen LogP contribution in [0.3, 0.4) is 0 Å². The van der Waals surface area contributed by atoms with Gasteiger partial charge in [0, 0.05) is 60.9 Å². The molecule has 2 aromatic heterocycles. The molecule has 7 heterocycles. The molecule has 6 bridgehead atoms. The van der Waals surface area contributed by atoms with Gasteiger partial charge in [-0.15, -0.1) is 0 Å². The number of alkyl halides is 2. The number of nitrogens with one attached hydrogen (secondary N) is 1. The standard InChI is InChI=1S/C31H35ClF3N7O2/c32-24-10-19(36)9-22-21(24)4-1-2-5-25(43)38-20-8-17(33)13-41(15-20)29-23-12-37-27(22)26(35)28(23)39-30(40-29)44-16-31-6-3-7-42(31)14-18(34)11-31/h9-10,12,17-18,20H,1-8,11,13-16,36H2,(H,38,43)/t17-,18-,20-,31?/m1/s1. The fourth-order valence-electron chi connectivity index (χ4n) is 7.49. The first-order valence-electron chi connectivity index (χ1n) is 15.3. The number of carbonyl (C=O) groups is 1.